The smallest absolute Gasteiger partial charge is 0.0725 e. The monoisotopic (exact) mass is 1010 g/mol. The first kappa shape index (κ1) is 44.0. The number of benzene rings is 12. The normalized spacial score (nSPS) is 12.8. The average molecular weight is 1020 g/mol. The molecule has 14 aromatic rings. The maximum Gasteiger partial charge on any atom is 0.0725 e. The molecule has 0 radical (unpaired) electrons. The summed E-state index contributed by atoms with van der Waals surface area (Å²) in [4.78, 5) is 4.92. The molecule has 0 bridgehead atoms. The topological polar surface area (TPSA) is 6.48 Å². The lowest BCUT2D eigenvalue weighted by Gasteiger charge is -2.30. The number of para-hydroxylation sites is 2. The molecular formula is C73H46N2S2. The summed E-state index contributed by atoms with van der Waals surface area (Å²) in [5, 5.41) is 5.01. The first-order chi connectivity index (χ1) is 38.2. The Morgan fingerprint density at radius 3 is 1.40 bits per heavy atom. The zero-order valence-corrected chi connectivity index (χ0v) is 43.4. The molecule has 4 heteroatoms. The van der Waals surface area contributed by atoms with Crippen molar-refractivity contribution in [1.29, 1.82) is 0 Å². The number of rotatable bonds is 8. The first-order valence-corrected chi connectivity index (χ1v) is 28.0. The summed E-state index contributed by atoms with van der Waals surface area (Å²) in [5.74, 6) is 0. The van der Waals surface area contributed by atoms with Gasteiger partial charge < -0.3 is 9.80 Å². The van der Waals surface area contributed by atoms with Gasteiger partial charge in [0.1, 0.15) is 0 Å². The fourth-order valence-corrected chi connectivity index (χ4v) is 15.2. The van der Waals surface area contributed by atoms with Crippen molar-refractivity contribution in [3.05, 3.63) is 301 Å². The van der Waals surface area contributed by atoms with Gasteiger partial charge in [0.25, 0.3) is 0 Å². The van der Waals surface area contributed by atoms with Gasteiger partial charge in [0, 0.05) is 64.1 Å². The molecule has 12 aromatic carbocycles. The minimum Gasteiger partial charge on any atom is -0.310 e. The van der Waals surface area contributed by atoms with E-state index in [0.29, 0.717) is 0 Å². The fraction of sp³-hybridized carbons (Fsp3) is 0.0137. The Morgan fingerprint density at radius 1 is 0.247 bits per heavy atom. The molecule has 0 unspecified atom stereocenters. The fourth-order valence-electron chi connectivity index (χ4n) is 12.9. The second-order valence-corrected chi connectivity index (χ2v) is 22.5. The lowest BCUT2D eigenvalue weighted by Crippen LogP contribution is -2.25. The van der Waals surface area contributed by atoms with Crippen LogP contribution >= 0.6 is 22.7 Å². The lowest BCUT2D eigenvalue weighted by molar-refractivity contribution is 0.794. The second-order valence-electron chi connectivity index (χ2n) is 20.3. The molecule has 0 saturated carbocycles. The van der Waals surface area contributed by atoms with Crippen LogP contribution in [0.1, 0.15) is 22.3 Å². The predicted molar refractivity (Wildman–Crippen MR) is 329 cm³/mol. The average Bonchev–Trinajstić information content (AvgIpc) is 4.35. The van der Waals surface area contributed by atoms with Crippen LogP contribution in [0.15, 0.2) is 279 Å². The van der Waals surface area contributed by atoms with Crippen LogP contribution in [0.25, 0.3) is 84.9 Å². The Hall–Kier alpha value is -9.32. The van der Waals surface area contributed by atoms with Gasteiger partial charge in [-0.1, -0.05) is 188 Å². The van der Waals surface area contributed by atoms with Crippen LogP contribution in [-0.4, -0.2) is 0 Å². The van der Waals surface area contributed by atoms with E-state index >= 15 is 0 Å². The maximum absolute atomic E-state index is 2.49. The quantitative estimate of drug-likeness (QED) is 0.150. The van der Waals surface area contributed by atoms with Crippen molar-refractivity contribution in [3.63, 3.8) is 0 Å². The van der Waals surface area contributed by atoms with Gasteiger partial charge in [0.05, 0.1) is 15.8 Å². The Labute approximate surface area is 455 Å². The molecule has 360 valence electrons. The maximum atomic E-state index is 2.49. The van der Waals surface area contributed by atoms with Crippen molar-refractivity contribution in [2.45, 2.75) is 5.41 Å². The number of anilines is 6. The van der Waals surface area contributed by atoms with Gasteiger partial charge in [-0.15, -0.1) is 22.7 Å². The van der Waals surface area contributed by atoms with E-state index in [1.54, 1.807) is 0 Å². The van der Waals surface area contributed by atoms with E-state index in [9.17, 15) is 0 Å². The number of thiophene rings is 2. The minimum atomic E-state index is -0.379. The molecule has 2 heterocycles. The van der Waals surface area contributed by atoms with Crippen molar-refractivity contribution in [2.24, 2.45) is 0 Å². The Kier molecular flexibility index (Phi) is 9.93. The molecule has 0 saturated heterocycles. The summed E-state index contributed by atoms with van der Waals surface area (Å²) in [6.45, 7) is 0. The van der Waals surface area contributed by atoms with Crippen LogP contribution in [0.3, 0.4) is 0 Å². The van der Waals surface area contributed by atoms with Crippen LogP contribution in [0.4, 0.5) is 34.1 Å². The summed E-state index contributed by atoms with van der Waals surface area (Å²) in [6, 6.07) is 104. The third-order valence-corrected chi connectivity index (χ3v) is 18.6. The standard InChI is InChI=1S/C73H46N2S2/c1-4-18-47(19-5-1)48-32-36-53(37-33-48)74(51-20-6-2-7-21-51)55-45-63-61-43-50(49-34-39-67-60(42-49)58-26-12-16-30-66(58)73(67)64-28-14-10-24-56(64)57-25-11-15-29-65(57)73)35-40-71(61)77-72(63)68(46-55)75(52-22-8-3-9-23-52)54-38-41-70-62(44-54)59-27-13-17-31-69(59)76-70/h1-46H. The van der Waals surface area contributed by atoms with Crippen LogP contribution in [0, 0.1) is 0 Å². The molecule has 16 rings (SSSR count). The Morgan fingerprint density at radius 2 is 0.701 bits per heavy atom. The second kappa shape index (κ2) is 17.4. The van der Waals surface area contributed by atoms with Crippen LogP contribution in [0.2, 0.25) is 0 Å². The van der Waals surface area contributed by atoms with Crippen molar-refractivity contribution < 1.29 is 0 Å². The lowest BCUT2D eigenvalue weighted by atomic mass is 9.70. The van der Waals surface area contributed by atoms with Crippen molar-refractivity contribution in [3.8, 4) is 44.5 Å². The minimum absolute atomic E-state index is 0.379. The predicted octanol–water partition coefficient (Wildman–Crippen LogP) is 21.0. The summed E-state index contributed by atoms with van der Waals surface area (Å²) in [7, 11) is 0. The molecule has 2 aliphatic rings. The molecule has 0 N–H and O–H groups in total. The summed E-state index contributed by atoms with van der Waals surface area (Å²) in [5.41, 5.74) is 21.7. The van der Waals surface area contributed by atoms with Crippen LogP contribution in [-0.2, 0) is 5.41 Å². The highest BCUT2D eigenvalue weighted by Gasteiger charge is 2.51. The summed E-state index contributed by atoms with van der Waals surface area (Å²) < 4.78 is 5.07. The molecule has 77 heavy (non-hydrogen) atoms. The van der Waals surface area contributed by atoms with E-state index < -0.39 is 0 Å². The molecule has 2 aromatic heterocycles. The molecule has 0 aliphatic heterocycles. The van der Waals surface area contributed by atoms with Gasteiger partial charge >= 0.3 is 0 Å². The third-order valence-electron chi connectivity index (χ3n) is 16.2. The van der Waals surface area contributed by atoms with Gasteiger partial charge in [-0.25, -0.2) is 0 Å². The molecule has 1 spiro atoms. The van der Waals surface area contributed by atoms with E-state index in [1.165, 1.54) is 107 Å². The van der Waals surface area contributed by atoms with E-state index in [0.717, 1.165) is 34.1 Å². The molecule has 0 atom stereocenters. The SMILES string of the molecule is c1ccc(-c2ccc(N(c3ccccc3)c3cc(N(c4ccccc4)c4ccc5sc6ccccc6c5c4)c4sc5ccc(-c6ccc7c(c6)-c6ccccc6C76c7ccccc7-c7ccccc76)cc5c4c3)cc2)cc1. The highest BCUT2D eigenvalue weighted by atomic mass is 32.1. The Balaban J connectivity index is 0.924. The largest absolute Gasteiger partial charge is 0.310 e. The Bertz CT molecular complexity index is 4590. The van der Waals surface area contributed by atoms with Gasteiger partial charge in [-0.2, -0.15) is 0 Å². The summed E-state index contributed by atoms with van der Waals surface area (Å²) in [6.07, 6.45) is 0. The van der Waals surface area contributed by atoms with E-state index in [2.05, 4.69) is 289 Å². The van der Waals surface area contributed by atoms with E-state index in [-0.39, 0.29) is 5.41 Å². The van der Waals surface area contributed by atoms with Crippen molar-refractivity contribution >= 4 is 97.1 Å². The zero-order chi connectivity index (χ0) is 50.6. The van der Waals surface area contributed by atoms with Crippen LogP contribution < -0.4 is 9.80 Å². The number of hydrogen-bond acceptors (Lipinski definition) is 4. The number of fused-ring (bicyclic) bond motifs is 16. The van der Waals surface area contributed by atoms with Gasteiger partial charge in [0.2, 0.25) is 0 Å². The third kappa shape index (κ3) is 6.72. The molecule has 0 fully saturated rings. The number of hydrogen-bond donors (Lipinski definition) is 0. The molecule has 2 aliphatic carbocycles. The van der Waals surface area contributed by atoms with E-state index in [1.807, 2.05) is 22.7 Å². The van der Waals surface area contributed by atoms with Crippen molar-refractivity contribution in [2.75, 3.05) is 9.80 Å². The van der Waals surface area contributed by atoms with Crippen molar-refractivity contribution in [1.82, 2.24) is 0 Å². The molecule has 2 nitrogen and oxygen atoms in total. The van der Waals surface area contributed by atoms with E-state index in [4.69, 9.17) is 0 Å². The zero-order valence-electron chi connectivity index (χ0n) is 41.8. The first-order valence-electron chi connectivity index (χ1n) is 26.4. The van der Waals surface area contributed by atoms with Crippen LogP contribution in [0.5, 0.6) is 0 Å². The highest BCUT2D eigenvalue weighted by Crippen LogP contribution is 2.63. The van der Waals surface area contributed by atoms with Gasteiger partial charge in [-0.05, 0) is 158 Å². The molecular weight excluding hydrogens is 969 g/mol. The van der Waals surface area contributed by atoms with Gasteiger partial charge in [-0.3, -0.25) is 0 Å². The molecule has 0 amide bonds. The number of nitrogens with zero attached hydrogens (tertiary/aromatic N) is 2. The van der Waals surface area contributed by atoms with Gasteiger partial charge in [0.15, 0.2) is 0 Å². The highest BCUT2D eigenvalue weighted by molar-refractivity contribution is 7.26. The summed E-state index contributed by atoms with van der Waals surface area (Å²) >= 11 is 3.74.